The monoisotopic (exact) mass is 350 g/mol. The van der Waals surface area contributed by atoms with Crippen LogP contribution >= 0.6 is 50.5 Å². The van der Waals surface area contributed by atoms with Gasteiger partial charge in [-0.05, 0) is 52.2 Å². The molecule has 90 valence electrons. The molecule has 0 saturated carbocycles. The van der Waals surface area contributed by atoms with Gasteiger partial charge in [0.05, 0.1) is 8.81 Å². The summed E-state index contributed by atoms with van der Waals surface area (Å²) in [4.78, 5) is 0.798. The Labute approximate surface area is 122 Å². The lowest BCUT2D eigenvalue weighted by Gasteiger charge is -2.12. The molecule has 0 aliphatic heterocycles. The summed E-state index contributed by atoms with van der Waals surface area (Å²) >= 11 is 16.7. The Morgan fingerprint density at radius 3 is 2.59 bits per heavy atom. The maximum atomic E-state index is 10.3. The fourth-order valence-corrected chi connectivity index (χ4v) is 3.49. The fourth-order valence-electron chi connectivity index (χ4n) is 1.56. The van der Waals surface area contributed by atoms with E-state index in [2.05, 4.69) is 15.9 Å². The molecule has 1 unspecified atom stereocenters. The van der Waals surface area contributed by atoms with Crippen LogP contribution in [0, 0.1) is 6.92 Å². The van der Waals surface area contributed by atoms with Crippen LogP contribution in [0.2, 0.25) is 10.0 Å². The van der Waals surface area contributed by atoms with Crippen molar-refractivity contribution in [1.82, 2.24) is 0 Å². The van der Waals surface area contributed by atoms with Gasteiger partial charge in [0, 0.05) is 9.90 Å². The van der Waals surface area contributed by atoms with E-state index >= 15 is 0 Å². The molecular weight excluding hydrogens is 343 g/mol. The second-order valence-electron chi connectivity index (χ2n) is 3.67. The molecule has 0 saturated heterocycles. The van der Waals surface area contributed by atoms with E-state index < -0.39 is 6.10 Å². The normalized spacial score (nSPS) is 12.8. The quantitative estimate of drug-likeness (QED) is 0.787. The molecule has 1 aromatic heterocycles. The molecule has 0 radical (unpaired) electrons. The summed E-state index contributed by atoms with van der Waals surface area (Å²) in [5, 5.41) is 11.5. The van der Waals surface area contributed by atoms with Crippen LogP contribution in [0.4, 0.5) is 0 Å². The Balaban J connectivity index is 2.42. The molecule has 5 heteroatoms. The minimum atomic E-state index is -0.692. The van der Waals surface area contributed by atoms with Crippen molar-refractivity contribution in [3.05, 3.63) is 54.1 Å². The lowest BCUT2D eigenvalue weighted by molar-refractivity contribution is 0.223. The molecule has 1 N–H and O–H groups in total. The van der Waals surface area contributed by atoms with E-state index in [9.17, 15) is 5.11 Å². The molecule has 0 aliphatic carbocycles. The lowest BCUT2D eigenvalue weighted by atomic mass is 10.0. The van der Waals surface area contributed by atoms with Gasteiger partial charge in [0.2, 0.25) is 0 Å². The average molecular weight is 352 g/mol. The smallest absolute Gasteiger partial charge is 0.114 e. The predicted octanol–water partition coefficient (Wildman–Crippen LogP) is 5.21. The standard InChI is InChI=1S/C12H9BrCl2OS/c1-6-2-3-7(14)4-8(6)11(16)10-5-9(15)12(13)17-10/h2-5,11,16H,1H3. The largest absolute Gasteiger partial charge is 0.383 e. The Morgan fingerprint density at radius 2 is 2.00 bits per heavy atom. The van der Waals surface area contributed by atoms with Crippen LogP contribution in [0.25, 0.3) is 0 Å². The SMILES string of the molecule is Cc1ccc(Cl)cc1C(O)c1cc(Cl)c(Br)s1. The first-order valence-corrected chi connectivity index (χ1v) is 7.24. The van der Waals surface area contributed by atoms with Crippen LogP contribution in [0.5, 0.6) is 0 Å². The highest BCUT2D eigenvalue weighted by molar-refractivity contribution is 9.11. The van der Waals surface area contributed by atoms with Crippen LogP contribution in [0.3, 0.4) is 0 Å². The highest BCUT2D eigenvalue weighted by Gasteiger charge is 2.17. The van der Waals surface area contributed by atoms with Crippen LogP contribution in [-0.2, 0) is 0 Å². The predicted molar refractivity (Wildman–Crippen MR) is 77.3 cm³/mol. The molecule has 0 aliphatic rings. The third-order valence-corrected chi connectivity index (χ3v) is 5.23. The topological polar surface area (TPSA) is 20.2 Å². The molecular formula is C12H9BrCl2OS. The van der Waals surface area contributed by atoms with E-state index in [4.69, 9.17) is 23.2 Å². The average Bonchev–Trinajstić information content (AvgIpc) is 2.62. The van der Waals surface area contributed by atoms with E-state index in [1.165, 1.54) is 11.3 Å². The van der Waals surface area contributed by atoms with Gasteiger partial charge in [-0.1, -0.05) is 29.3 Å². The van der Waals surface area contributed by atoms with Crippen LogP contribution in [-0.4, -0.2) is 5.11 Å². The van der Waals surface area contributed by atoms with Crippen LogP contribution < -0.4 is 0 Å². The van der Waals surface area contributed by atoms with Crippen molar-refractivity contribution in [1.29, 1.82) is 0 Å². The number of aliphatic hydroxyl groups excluding tert-OH is 1. The van der Waals surface area contributed by atoms with Crippen molar-refractivity contribution in [2.75, 3.05) is 0 Å². The Kier molecular flexibility index (Phi) is 4.16. The van der Waals surface area contributed by atoms with Crippen molar-refractivity contribution < 1.29 is 5.11 Å². The molecule has 0 bridgehead atoms. The minimum absolute atomic E-state index is 0.615. The summed E-state index contributed by atoms with van der Waals surface area (Å²) < 4.78 is 0.827. The zero-order valence-corrected chi connectivity index (χ0v) is 12.8. The third kappa shape index (κ3) is 2.85. The third-order valence-electron chi connectivity index (χ3n) is 2.47. The summed E-state index contributed by atoms with van der Waals surface area (Å²) in [7, 11) is 0. The fraction of sp³-hybridized carbons (Fsp3) is 0.167. The molecule has 0 amide bonds. The number of aliphatic hydroxyl groups is 1. The second-order valence-corrected chi connectivity index (χ2v) is 6.92. The second kappa shape index (κ2) is 5.29. The van der Waals surface area contributed by atoms with Crippen molar-refractivity contribution in [2.24, 2.45) is 0 Å². The zero-order valence-electron chi connectivity index (χ0n) is 8.88. The molecule has 0 fully saturated rings. The number of hydrogen-bond donors (Lipinski definition) is 1. The van der Waals surface area contributed by atoms with Crippen molar-refractivity contribution in [2.45, 2.75) is 13.0 Å². The van der Waals surface area contributed by atoms with E-state index in [0.717, 1.165) is 19.8 Å². The molecule has 1 aromatic carbocycles. The van der Waals surface area contributed by atoms with Crippen molar-refractivity contribution >= 4 is 50.5 Å². The molecule has 2 rings (SSSR count). The van der Waals surface area contributed by atoms with E-state index in [1.54, 1.807) is 12.1 Å². The first kappa shape index (κ1) is 13.4. The van der Waals surface area contributed by atoms with Gasteiger partial charge in [-0.25, -0.2) is 0 Å². The lowest BCUT2D eigenvalue weighted by Crippen LogP contribution is -1.99. The molecule has 1 heterocycles. The van der Waals surface area contributed by atoms with Gasteiger partial charge in [-0.2, -0.15) is 0 Å². The Bertz CT molecular complexity index is 534. The number of rotatable bonds is 2. The van der Waals surface area contributed by atoms with E-state index in [1.807, 2.05) is 19.1 Å². The van der Waals surface area contributed by atoms with Crippen LogP contribution in [0.1, 0.15) is 22.1 Å². The van der Waals surface area contributed by atoms with Gasteiger partial charge >= 0.3 is 0 Å². The number of halogens is 3. The first-order chi connectivity index (χ1) is 7.99. The van der Waals surface area contributed by atoms with E-state index in [0.29, 0.717) is 10.0 Å². The molecule has 1 nitrogen and oxygen atoms in total. The molecule has 0 spiro atoms. The summed E-state index contributed by atoms with van der Waals surface area (Å²) in [6.07, 6.45) is -0.692. The number of hydrogen-bond acceptors (Lipinski definition) is 2. The van der Waals surface area contributed by atoms with Crippen LogP contribution in [0.15, 0.2) is 28.1 Å². The Hall–Kier alpha value is -0.0600. The Morgan fingerprint density at radius 1 is 1.29 bits per heavy atom. The van der Waals surface area contributed by atoms with Gasteiger partial charge < -0.3 is 5.11 Å². The van der Waals surface area contributed by atoms with Gasteiger partial charge in [-0.15, -0.1) is 11.3 Å². The summed E-state index contributed by atoms with van der Waals surface area (Å²) in [5.41, 5.74) is 1.81. The maximum absolute atomic E-state index is 10.3. The maximum Gasteiger partial charge on any atom is 0.114 e. The van der Waals surface area contributed by atoms with Crippen molar-refractivity contribution in [3.63, 3.8) is 0 Å². The minimum Gasteiger partial charge on any atom is -0.383 e. The van der Waals surface area contributed by atoms with Crippen molar-refractivity contribution in [3.8, 4) is 0 Å². The first-order valence-electron chi connectivity index (χ1n) is 4.88. The number of benzene rings is 1. The van der Waals surface area contributed by atoms with Gasteiger partial charge in [0.25, 0.3) is 0 Å². The number of thiophene rings is 1. The molecule has 1 atom stereocenters. The number of aryl methyl sites for hydroxylation is 1. The van der Waals surface area contributed by atoms with Gasteiger partial charge in [0.1, 0.15) is 6.10 Å². The zero-order chi connectivity index (χ0) is 12.6. The van der Waals surface area contributed by atoms with Gasteiger partial charge in [0.15, 0.2) is 0 Å². The summed E-state index contributed by atoms with van der Waals surface area (Å²) in [6, 6.07) is 7.25. The molecule has 2 aromatic rings. The highest BCUT2D eigenvalue weighted by Crippen LogP contribution is 2.38. The summed E-state index contributed by atoms with van der Waals surface area (Å²) in [6.45, 7) is 1.94. The molecule has 17 heavy (non-hydrogen) atoms. The van der Waals surface area contributed by atoms with Gasteiger partial charge in [-0.3, -0.25) is 0 Å². The highest BCUT2D eigenvalue weighted by atomic mass is 79.9. The summed E-state index contributed by atoms with van der Waals surface area (Å²) in [5.74, 6) is 0. The van der Waals surface area contributed by atoms with E-state index in [-0.39, 0.29) is 0 Å².